The highest BCUT2D eigenvalue weighted by Gasteiger charge is 2.29. The molecule has 0 aliphatic carbocycles. The van der Waals surface area contributed by atoms with Gasteiger partial charge in [0.25, 0.3) is 5.91 Å². The number of aryl methyl sites for hydroxylation is 1. The van der Waals surface area contributed by atoms with Gasteiger partial charge in [0.15, 0.2) is 0 Å². The average Bonchev–Trinajstić information content (AvgIpc) is 3.12. The summed E-state index contributed by atoms with van der Waals surface area (Å²) in [5, 5.41) is 5.85. The van der Waals surface area contributed by atoms with E-state index in [1.807, 2.05) is 73.9 Å². The molecule has 0 saturated heterocycles. The first-order chi connectivity index (χ1) is 13.5. The second kappa shape index (κ2) is 6.93. The molecular formula is C23H20FN3O. The van der Waals surface area contributed by atoms with Crippen LogP contribution in [0.1, 0.15) is 23.9 Å². The van der Waals surface area contributed by atoms with E-state index < -0.39 is 0 Å². The minimum Gasteiger partial charge on any atom is -0.318 e. The lowest BCUT2D eigenvalue weighted by atomic mass is 10.1. The predicted octanol–water partition coefficient (Wildman–Crippen LogP) is 5.04. The molecule has 0 radical (unpaired) electrons. The fraction of sp³-hybridized carbons (Fsp3) is 0.130. The maximum atomic E-state index is 13.7. The zero-order chi connectivity index (χ0) is 19.8. The SMILES string of the molecule is CC1=NN(c2ccccc2)C(=O)/C1=C/c1cc(C)n(-c2cccc(F)c2)c1C. The van der Waals surface area contributed by atoms with Gasteiger partial charge in [0.05, 0.1) is 17.0 Å². The fourth-order valence-electron chi connectivity index (χ4n) is 3.53. The van der Waals surface area contributed by atoms with E-state index in [1.54, 1.807) is 6.07 Å². The summed E-state index contributed by atoms with van der Waals surface area (Å²) in [6, 6.07) is 17.8. The monoisotopic (exact) mass is 373 g/mol. The summed E-state index contributed by atoms with van der Waals surface area (Å²) in [7, 11) is 0. The number of aromatic nitrogens is 1. The molecule has 28 heavy (non-hydrogen) atoms. The lowest BCUT2D eigenvalue weighted by Gasteiger charge is -2.11. The molecule has 4 nitrogen and oxygen atoms in total. The smallest absolute Gasteiger partial charge is 0.280 e. The van der Waals surface area contributed by atoms with Crippen LogP contribution in [0, 0.1) is 19.7 Å². The van der Waals surface area contributed by atoms with Crippen molar-refractivity contribution >= 4 is 23.4 Å². The van der Waals surface area contributed by atoms with Crippen molar-refractivity contribution in [3.8, 4) is 5.69 Å². The van der Waals surface area contributed by atoms with Crippen molar-refractivity contribution in [2.45, 2.75) is 20.8 Å². The predicted molar refractivity (Wildman–Crippen MR) is 110 cm³/mol. The Kier molecular flexibility index (Phi) is 4.43. The van der Waals surface area contributed by atoms with Gasteiger partial charge >= 0.3 is 0 Å². The first-order valence-corrected chi connectivity index (χ1v) is 9.07. The molecule has 2 heterocycles. The van der Waals surface area contributed by atoms with Crippen molar-refractivity contribution in [2.24, 2.45) is 5.10 Å². The van der Waals surface area contributed by atoms with Gasteiger partial charge in [0.2, 0.25) is 0 Å². The highest BCUT2D eigenvalue weighted by molar-refractivity contribution is 6.32. The lowest BCUT2D eigenvalue weighted by Crippen LogP contribution is -2.21. The van der Waals surface area contributed by atoms with E-state index >= 15 is 0 Å². The fourth-order valence-corrected chi connectivity index (χ4v) is 3.53. The number of halogens is 1. The summed E-state index contributed by atoms with van der Waals surface area (Å²) >= 11 is 0. The number of carbonyl (C=O) groups is 1. The zero-order valence-corrected chi connectivity index (χ0v) is 16.0. The molecule has 1 aliphatic rings. The van der Waals surface area contributed by atoms with Crippen LogP contribution in [-0.2, 0) is 4.79 Å². The number of hydrazone groups is 1. The van der Waals surface area contributed by atoms with Gasteiger partial charge in [-0.1, -0.05) is 24.3 Å². The molecule has 1 amide bonds. The van der Waals surface area contributed by atoms with Gasteiger partial charge in [-0.15, -0.1) is 0 Å². The zero-order valence-electron chi connectivity index (χ0n) is 16.0. The Morgan fingerprint density at radius 3 is 2.36 bits per heavy atom. The summed E-state index contributed by atoms with van der Waals surface area (Å²) in [5.74, 6) is -0.434. The van der Waals surface area contributed by atoms with Crippen LogP contribution in [0.15, 0.2) is 71.3 Å². The Hall–Kier alpha value is -3.47. The van der Waals surface area contributed by atoms with Gasteiger partial charge in [-0.2, -0.15) is 10.1 Å². The van der Waals surface area contributed by atoms with Gasteiger partial charge in [-0.05, 0) is 68.8 Å². The van der Waals surface area contributed by atoms with E-state index in [1.165, 1.54) is 17.1 Å². The van der Waals surface area contributed by atoms with Gasteiger partial charge in [0.1, 0.15) is 5.82 Å². The summed E-state index contributed by atoms with van der Waals surface area (Å²) in [4.78, 5) is 12.9. The molecular weight excluding hydrogens is 353 g/mol. The van der Waals surface area contributed by atoms with Gasteiger partial charge in [-0.3, -0.25) is 4.79 Å². The van der Waals surface area contributed by atoms with Crippen LogP contribution >= 0.6 is 0 Å². The van der Waals surface area contributed by atoms with Crippen LogP contribution in [0.25, 0.3) is 11.8 Å². The number of carbonyl (C=O) groups excluding carboxylic acids is 1. The van der Waals surface area contributed by atoms with E-state index in [2.05, 4.69) is 5.10 Å². The molecule has 0 bridgehead atoms. The van der Waals surface area contributed by atoms with Crippen LogP contribution < -0.4 is 5.01 Å². The second-order valence-electron chi connectivity index (χ2n) is 6.84. The van der Waals surface area contributed by atoms with E-state index in [9.17, 15) is 9.18 Å². The Labute approximate surface area is 163 Å². The third-order valence-electron chi connectivity index (χ3n) is 4.90. The van der Waals surface area contributed by atoms with Gasteiger partial charge < -0.3 is 4.57 Å². The van der Waals surface area contributed by atoms with Crippen LogP contribution in [0.3, 0.4) is 0 Å². The van der Waals surface area contributed by atoms with Crippen molar-refractivity contribution in [3.63, 3.8) is 0 Å². The molecule has 4 rings (SSSR count). The summed E-state index contributed by atoms with van der Waals surface area (Å²) in [6.45, 7) is 5.76. The Balaban J connectivity index is 1.73. The second-order valence-corrected chi connectivity index (χ2v) is 6.84. The lowest BCUT2D eigenvalue weighted by molar-refractivity contribution is -0.114. The summed E-state index contributed by atoms with van der Waals surface area (Å²) in [5.41, 5.74) is 5.54. The highest BCUT2D eigenvalue weighted by atomic mass is 19.1. The van der Waals surface area contributed by atoms with Crippen molar-refractivity contribution in [3.05, 3.63) is 89.0 Å². The average molecular weight is 373 g/mol. The maximum absolute atomic E-state index is 13.7. The number of hydrogen-bond donors (Lipinski definition) is 0. The number of amides is 1. The Morgan fingerprint density at radius 2 is 1.64 bits per heavy atom. The van der Waals surface area contributed by atoms with Crippen LogP contribution in [0.2, 0.25) is 0 Å². The minimum absolute atomic E-state index is 0.153. The van der Waals surface area contributed by atoms with Gasteiger partial charge in [0, 0.05) is 17.1 Å². The molecule has 2 aromatic carbocycles. The molecule has 0 atom stereocenters. The van der Waals surface area contributed by atoms with Crippen molar-refractivity contribution in [1.82, 2.24) is 4.57 Å². The number of anilines is 1. The Morgan fingerprint density at radius 1 is 0.929 bits per heavy atom. The molecule has 0 saturated carbocycles. The molecule has 5 heteroatoms. The molecule has 1 aromatic heterocycles. The van der Waals surface area contributed by atoms with Crippen LogP contribution in [0.4, 0.5) is 10.1 Å². The molecule has 0 fully saturated rings. The topological polar surface area (TPSA) is 37.6 Å². The van der Waals surface area contributed by atoms with E-state index in [4.69, 9.17) is 0 Å². The quantitative estimate of drug-likeness (QED) is 0.593. The van der Waals surface area contributed by atoms with Crippen molar-refractivity contribution < 1.29 is 9.18 Å². The van der Waals surface area contributed by atoms with E-state index in [-0.39, 0.29) is 11.7 Å². The molecule has 1 aliphatic heterocycles. The Bertz CT molecular complexity index is 1130. The van der Waals surface area contributed by atoms with Crippen molar-refractivity contribution in [1.29, 1.82) is 0 Å². The molecule has 0 spiro atoms. The van der Waals surface area contributed by atoms with Crippen molar-refractivity contribution in [2.75, 3.05) is 5.01 Å². The summed E-state index contributed by atoms with van der Waals surface area (Å²) < 4.78 is 15.6. The summed E-state index contributed by atoms with van der Waals surface area (Å²) in [6.07, 6.45) is 1.86. The largest absolute Gasteiger partial charge is 0.318 e. The molecule has 0 unspecified atom stereocenters. The van der Waals surface area contributed by atoms with E-state index in [0.29, 0.717) is 11.3 Å². The number of hydrogen-bond acceptors (Lipinski definition) is 2. The number of nitrogens with zero attached hydrogens (tertiary/aromatic N) is 3. The standard InChI is InChI=1S/C23H20FN3O/c1-15-12-18(17(3)26(15)21-11-7-8-19(24)14-21)13-22-16(2)25-27(23(22)28)20-9-5-4-6-10-20/h4-14H,1-3H3/b22-13+. The highest BCUT2D eigenvalue weighted by Crippen LogP contribution is 2.27. The number of benzene rings is 2. The molecule has 3 aromatic rings. The van der Waals surface area contributed by atoms with Crippen LogP contribution in [-0.4, -0.2) is 16.2 Å². The first-order valence-electron chi connectivity index (χ1n) is 9.07. The number of para-hydroxylation sites is 1. The first kappa shape index (κ1) is 17.9. The van der Waals surface area contributed by atoms with E-state index in [0.717, 1.165) is 28.3 Å². The molecule has 140 valence electrons. The maximum Gasteiger partial charge on any atom is 0.280 e. The normalized spacial score (nSPS) is 15.4. The third-order valence-corrected chi connectivity index (χ3v) is 4.90. The molecule has 0 N–H and O–H groups in total. The third kappa shape index (κ3) is 3.05. The minimum atomic E-state index is -0.280. The van der Waals surface area contributed by atoms with Crippen LogP contribution in [0.5, 0.6) is 0 Å². The number of rotatable bonds is 3. The van der Waals surface area contributed by atoms with Gasteiger partial charge in [-0.25, -0.2) is 4.39 Å².